The SMILES string of the molecule is CC(=O)c1c(O)cc(O)cc1C(=O)O. The second kappa shape index (κ2) is 3.37. The minimum atomic E-state index is -1.37. The van der Waals surface area contributed by atoms with Crippen molar-refractivity contribution in [2.24, 2.45) is 0 Å². The van der Waals surface area contributed by atoms with Crippen LogP contribution in [0, 0.1) is 0 Å². The highest BCUT2D eigenvalue weighted by Gasteiger charge is 2.18. The van der Waals surface area contributed by atoms with Gasteiger partial charge in [-0.15, -0.1) is 0 Å². The smallest absolute Gasteiger partial charge is 0.336 e. The predicted molar refractivity (Wildman–Crippen MR) is 46.7 cm³/mol. The number of hydrogen-bond donors (Lipinski definition) is 3. The monoisotopic (exact) mass is 196 g/mol. The highest BCUT2D eigenvalue weighted by atomic mass is 16.4. The molecule has 0 spiro atoms. The van der Waals surface area contributed by atoms with Gasteiger partial charge in [-0.3, -0.25) is 4.79 Å². The zero-order valence-corrected chi connectivity index (χ0v) is 7.31. The molecular weight excluding hydrogens is 188 g/mol. The molecule has 0 aromatic heterocycles. The molecule has 1 aromatic rings. The third-order valence-electron chi connectivity index (χ3n) is 1.68. The molecule has 0 unspecified atom stereocenters. The van der Waals surface area contributed by atoms with Crippen molar-refractivity contribution in [3.05, 3.63) is 23.3 Å². The molecule has 0 fully saturated rings. The molecule has 0 amide bonds. The molecule has 3 N–H and O–H groups in total. The van der Waals surface area contributed by atoms with Crippen molar-refractivity contribution < 1.29 is 24.9 Å². The number of carboxylic acids is 1. The molecule has 5 nitrogen and oxygen atoms in total. The molecule has 0 heterocycles. The van der Waals surface area contributed by atoms with Gasteiger partial charge in [-0.2, -0.15) is 0 Å². The van der Waals surface area contributed by atoms with Gasteiger partial charge >= 0.3 is 5.97 Å². The van der Waals surface area contributed by atoms with E-state index in [9.17, 15) is 14.7 Å². The Bertz CT molecular complexity index is 408. The maximum Gasteiger partial charge on any atom is 0.336 e. The minimum absolute atomic E-state index is 0.296. The summed E-state index contributed by atoms with van der Waals surface area (Å²) in [7, 11) is 0. The van der Waals surface area contributed by atoms with Gasteiger partial charge in [0.15, 0.2) is 5.78 Å². The van der Waals surface area contributed by atoms with Crippen LogP contribution in [0.25, 0.3) is 0 Å². The Labute approximate surface area is 79.2 Å². The van der Waals surface area contributed by atoms with Crippen molar-refractivity contribution in [3.63, 3.8) is 0 Å². The lowest BCUT2D eigenvalue weighted by molar-refractivity contribution is 0.0691. The number of hydrogen-bond acceptors (Lipinski definition) is 4. The van der Waals surface area contributed by atoms with Gasteiger partial charge in [-0.25, -0.2) is 4.79 Å². The number of carboxylic acid groups (broad SMARTS) is 1. The molecule has 0 saturated heterocycles. The van der Waals surface area contributed by atoms with Crippen LogP contribution in [0.3, 0.4) is 0 Å². The van der Waals surface area contributed by atoms with E-state index >= 15 is 0 Å². The van der Waals surface area contributed by atoms with Gasteiger partial charge in [0.05, 0.1) is 11.1 Å². The van der Waals surface area contributed by atoms with Gasteiger partial charge in [0.25, 0.3) is 0 Å². The van der Waals surface area contributed by atoms with Crippen LogP contribution in [0.5, 0.6) is 11.5 Å². The Morgan fingerprint density at radius 2 is 1.79 bits per heavy atom. The fourth-order valence-electron chi connectivity index (χ4n) is 1.15. The first-order valence-corrected chi connectivity index (χ1v) is 3.73. The molecule has 5 heteroatoms. The molecule has 0 aliphatic carbocycles. The summed E-state index contributed by atoms with van der Waals surface area (Å²) in [6, 6.07) is 1.84. The van der Waals surface area contributed by atoms with Crippen molar-refractivity contribution in [2.45, 2.75) is 6.92 Å². The van der Waals surface area contributed by atoms with E-state index < -0.39 is 28.8 Å². The molecule has 0 saturated carbocycles. The minimum Gasteiger partial charge on any atom is -0.508 e. The largest absolute Gasteiger partial charge is 0.508 e. The molecule has 0 aliphatic rings. The van der Waals surface area contributed by atoms with E-state index in [2.05, 4.69) is 0 Å². The van der Waals surface area contributed by atoms with Crippen LogP contribution in [0.1, 0.15) is 27.6 Å². The van der Waals surface area contributed by atoms with Gasteiger partial charge in [0, 0.05) is 6.07 Å². The molecule has 0 radical (unpaired) electrons. The quantitative estimate of drug-likeness (QED) is 0.613. The summed E-state index contributed by atoms with van der Waals surface area (Å²) in [5, 5.41) is 27.0. The summed E-state index contributed by atoms with van der Waals surface area (Å²) in [6.07, 6.45) is 0. The average Bonchev–Trinajstić information content (AvgIpc) is 2.01. The lowest BCUT2D eigenvalue weighted by Crippen LogP contribution is -2.06. The first kappa shape index (κ1) is 10.0. The normalized spacial score (nSPS) is 9.79. The van der Waals surface area contributed by atoms with Crippen molar-refractivity contribution in [2.75, 3.05) is 0 Å². The van der Waals surface area contributed by atoms with Gasteiger partial charge < -0.3 is 15.3 Å². The van der Waals surface area contributed by atoms with Gasteiger partial charge in [0.1, 0.15) is 11.5 Å². The maximum atomic E-state index is 11.0. The zero-order valence-electron chi connectivity index (χ0n) is 7.31. The summed E-state index contributed by atoms with van der Waals surface area (Å²) in [5.74, 6) is -2.87. The summed E-state index contributed by atoms with van der Waals surface area (Å²) >= 11 is 0. The lowest BCUT2D eigenvalue weighted by Gasteiger charge is -2.05. The number of benzene rings is 1. The van der Waals surface area contributed by atoms with E-state index in [1.807, 2.05) is 0 Å². The summed E-state index contributed by atoms with van der Waals surface area (Å²) in [6.45, 7) is 1.14. The Morgan fingerprint density at radius 3 is 2.21 bits per heavy atom. The fourth-order valence-corrected chi connectivity index (χ4v) is 1.15. The van der Waals surface area contributed by atoms with Gasteiger partial charge in [-0.05, 0) is 13.0 Å². The Balaban J connectivity index is 3.52. The average molecular weight is 196 g/mol. The highest BCUT2D eigenvalue weighted by Crippen LogP contribution is 2.27. The van der Waals surface area contributed by atoms with E-state index in [-0.39, 0.29) is 5.56 Å². The highest BCUT2D eigenvalue weighted by molar-refractivity contribution is 6.07. The maximum absolute atomic E-state index is 11.0. The van der Waals surface area contributed by atoms with Crippen molar-refractivity contribution >= 4 is 11.8 Å². The topological polar surface area (TPSA) is 94.8 Å². The van der Waals surface area contributed by atoms with Crippen LogP contribution in [-0.4, -0.2) is 27.1 Å². The van der Waals surface area contributed by atoms with Gasteiger partial charge in [0.2, 0.25) is 0 Å². The van der Waals surface area contributed by atoms with E-state index in [4.69, 9.17) is 10.2 Å². The zero-order chi connectivity index (χ0) is 10.9. The molecule has 0 aliphatic heterocycles. The first-order valence-electron chi connectivity index (χ1n) is 3.73. The van der Waals surface area contributed by atoms with Crippen LogP contribution in [-0.2, 0) is 0 Å². The number of phenolic OH excluding ortho intramolecular Hbond substituents is 2. The van der Waals surface area contributed by atoms with Crippen molar-refractivity contribution in [1.82, 2.24) is 0 Å². The first-order chi connectivity index (χ1) is 6.43. The second-order valence-corrected chi connectivity index (χ2v) is 2.75. The number of carbonyl (C=O) groups is 2. The molecule has 0 bridgehead atoms. The summed E-state index contributed by atoms with van der Waals surface area (Å²) < 4.78 is 0. The molecule has 1 rings (SSSR count). The Morgan fingerprint density at radius 1 is 1.21 bits per heavy atom. The molecule has 74 valence electrons. The van der Waals surface area contributed by atoms with Gasteiger partial charge in [-0.1, -0.05) is 0 Å². The number of aromatic carboxylic acids is 1. The number of ketones is 1. The van der Waals surface area contributed by atoms with Crippen LogP contribution >= 0.6 is 0 Å². The Kier molecular flexibility index (Phi) is 2.42. The van der Waals surface area contributed by atoms with Crippen molar-refractivity contribution in [3.8, 4) is 11.5 Å². The lowest BCUT2D eigenvalue weighted by atomic mass is 10.0. The third kappa shape index (κ3) is 1.66. The number of Topliss-reactive ketones (excluding diaryl/α,β-unsaturated/α-hetero) is 1. The van der Waals surface area contributed by atoms with E-state index in [0.29, 0.717) is 0 Å². The molecule has 1 aromatic carbocycles. The van der Waals surface area contributed by atoms with E-state index in [0.717, 1.165) is 19.1 Å². The van der Waals surface area contributed by atoms with E-state index in [1.165, 1.54) is 0 Å². The van der Waals surface area contributed by atoms with Crippen LogP contribution < -0.4 is 0 Å². The van der Waals surface area contributed by atoms with Crippen LogP contribution in [0.4, 0.5) is 0 Å². The number of phenols is 2. The summed E-state index contributed by atoms with van der Waals surface area (Å²) in [4.78, 5) is 21.7. The number of rotatable bonds is 2. The van der Waals surface area contributed by atoms with Crippen LogP contribution in [0.2, 0.25) is 0 Å². The fraction of sp³-hybridized carbons (Fsp3) is 0.111. The predicted octanol–water partition coefficient (Wildman–Crippen LogP) is 0.999. The molecular formula is C9H8O5. The number of carbonyl (C=O) groups excluding carboxylic acids is 1. The molecule has 14 heavy (non-hydrogen) atoms. The summed E-state index contributed by atoms with van der Waals surface area (Å²) in [5.41, 5.74) is -0.703. The second-order valence-electron chi connectivity index (χ2n) is 2.75. The van der Waals surface area contributed by atoms with Crippen LogP contribution in [0.15, 0.2) is 12.1 Å². The standard InChI is InChI=1S/C9H8O5/c1-4(10)8-6(9(13)14)2-5(11)3-7(8)12/h2-3,11-12H,1H3,(H,13,14). The number of aromatic hydroxyl groups is 2. The third-order valence-corrected chi connectivity index (χ3v) is 1.68. The molecule has 0 atom stereocenters. The van der Waals surface area contributed by atoms with E-state index in [1.54, 1.807) is 0 Å². The van der Waals surface area contributed by atoms with Crippen molar-refractivity contribution in [1.29, 1.82) is 0 Å². The Hall–Kier alpha value is -2.04.